The number of phosphoric ester groups is 1. The Balaban J connectivity index is 2.38. The van der Waals surface area contributed by atoms with Crippen LogP contribution in [0.25, 0.3) is 0 Å². The van der Waals surface area contributed by atoms with E-state index in [2.05, 4.69) is 32.1 Å². The Hall–Kier alpha value is -2.07. The molecule has 0 amide bonds. The monoisotopic (exact) mass is 797 g/mol. The number of epoxide rings is 1. The molecule has 0 saturated carbocycles. The van der Waals surface area contributed by atoms with Crippen molar-refractivity contribution in [3.8, 4) is 0 Å². The van der Waals surface area contributed by atoms with Crippen molar-refractivity contribution in [3.05, 3.63) is 48.6 Å². The molecule has 1 N–H and O–H groups in total. The van der Waals surface area contributed by atoms with Crippen molar-refractivity contribution in [2.24, 2.45) is 0 Å². The van der Waals surface area contributed by atoms with Crippen molar-refractivity contribution in [2.45, 2.75) is 173 Å². The lowest BCUT2D eigenvalue weighted by Crippen LogP contribution is -2.37. The lowest BCUT2D eigenvalue weighted by molar-refractivity contribution is -0.870. The highest BCUT2D eigenvalue weighted by molar-refractivity contribution is 7.47. The zero-order valence-corrected chi connectivity index (χ0v) is 36.2. The van der Waals surface area contributed by atoms with Gasteiger partial charge in [0, 0.05) is 12.8 Å². The molecule has 0 bridgehead atoms. The van der Waals surface area contributed by atoms with E-state index in [1.54, 1.807) is 0 Å². The van der Waals surface area contributed by atoms with E-state index in [9.17, 15) is 19.0 Å². The first-order valence-corrected chi connectivity index (χ1v) is 23.0. The molecule has 0 aliphatic carbocycles. The molecule has 1 aliphatic heterocycles. The average Bonchev–Trinajstić information content (AvgIpc) is 3.88. The van der Waals surface area contributed by atoms with Crippen LogP contribution in [0, 0.1) is 0 Å². The zero-order chi connectivity index (χ0) is 40.5. The number of carbonyl (C=O) groups excluding carboxylic acids is 2. The van der Waals surface area contributed by atoms with E-state index in [1.165, 1.54) is 83.5 Å². The second kappa shape index (κ2) is 33.0. The van der Waals surface area contributed by atoms with E-state index in [0.29, 0.717) is 23.9 Å². The SMILES string of the molecule is CCCCC/C=C/C/C=C/C=C\C=C/C1OC1CCCC(=O)OC(COC(=O)CCCCCCCCCCCCCCC)COP(=O)(O)OCC[N+](C)(C)C. The quantitative estimate of drug-likeness (QED) is 0.0125. The summed E-state index contributed by atoms with van der Waals surface area (Å²) in [5.41, 5.74) is 0. The lowest BCUT2D eigenvalue weighted by Gasteiger charge is -2.24. The maximum atomic E-state index is 12.7. The zero-order valence-electron chi connectivity index (χ0n) is 35.3. The number of phosphoric acid groups is 1. The number of nitrogens with zero attached hydrogens (tertiary/aromatic N) is 1. The number of carbonyl (C=O) groups is 2. The first-order chi connectivity index (χ1) is 26.5. The Bertz CT molecular complexity index is 1150. The number of esters is 2. The van der Waals surface area contributed by atoms with Gasteiger partial charge in [-0.25, -0.2) is 4.57 Å². The van der Waals surface area contributed by atoms with Gasteiger partial charge in [-0.2, -0.15) is 0 Å². The van der Waals surface area contributed by atoms with Gasteiger partial charge in [0.2, 0.25) is 0 Å². The van der Waals surface area contributed by atoms with Crippen LogP contribution in [0.5, 0.6) is 0 Å². The Morgan fingerprint density at radius 2 is 1.31 bits per heavy atom. The van der Waals surface area contributed by atoms with Crippen molar-refractivity contribution >= 4 is 19.8 Å². The minimum Gasteiger partial charge on any atom is -0.462 e. The van der Waals surface area contributed by atoms with Gasteiger partial charge >= 0.3 is 19.8 Å². The molecule has 4 unspecified atom stereocenters. The summed E-state index contributed by atoms with van der Waals surface area (Å²) < 4.78 is 40.0. The van der Waals surface area contributed by atoms with Gasteiger partial charge in [0.1, 0.15) is 25.9 Å². The Morgan fingerprint density at radius 3 is 1.96 bits per heavy atom. The first kappa shape index (κ1) is 50.9. The van der Waals surface area contributed by atoms with Gasteiger partial charge in [-0.1, -0.05) is 152 Å². The van der Waals surface area contributed by atoms with Crippen LogP contribution >= 0.6 is 7.82 Å². The summed E-state index contributed by atoms with van der Waals surface area (Å²) in [6.07, 6.45) is 39.0. The molecule has 0 aromatic carbocycles. The summed E-state index contributed by atoms with van der Waals surface area (Å²) in [5.74, 6) is -0.894. The smallest absolute Gasteiger partial charge is 0.462 e. The largest absolute Gasteiger partial charge is 0.472 e. The maximum absolute atomic E-state index is 12.7. The van der Waals surface area contributed by atoms with Crippen LogP contribution in [0.4, 0.5) is 0 Å². The minimum atomic E-state index is -4.40. The summed E-state index contributed by atoms with van der Waals surface area (Å²) in [6, 6.07) is 0. The van der Waals surface area contributed by atoms with E-state index in [0.717, 1.165) is 32.1 Å². The van der Waals surface area contributed by atoms with Gasteiger partial charge in [0.25, 0.3) is 0 Å². The first-order valence-electron chi connectivity index (χ1n) is 21.5. The second-order valence-electron chi connectivity index (χ2n) is 15.8. The van der Waals surface area contributed by atoms with E-state index in [-0.39, 0.29) is 38.3 Å². The highest BCUT2D eigenvalue weighted by Crippen LogP contribution is 2.43. The molecule has 1 saturated heterocycles. The molecule has 318 valence electrons. The van der Waals surface area contributed by atoms with Crippen LogP contribution in [0.3, 0.4) is 0 Å². The Kier molecular flexibility index (Phi) is 30.5. The predicted molar refractivity (Wildman–Crippen MR) is 224 cm³/mol. The average molecular weight is 797 g/mol. The highest BCUT2D eigenvalue weighted by Gasteiger charge is 2.35. The molecule has 1 aliphatic rings. The van der Waals surface area contributed by atoms with Crippen molar-refractivity contribution in [1.29, 1.82) is 0 Å². The highest BCUT2D eigenvalue weighted by atomic mass is 31.2. The third kappa shape index (κ3) is 33.8. The number of rotatable bonds is 37. The number of likely N-dealkylation sites (N-methyl/N-ethyl adjacent to an activating group) is 1. The van der Waals surface area contributed by atoms with E-state index in [1.807, 2.05) is 51.5 Å². The van der Waals surface area contributed by atoms with Gasteiger partial charge in [-0.15, -0.1) is 0 Å². The van der Waals surface area contributed by atoms with E-state index >= 15 is 0 Å². The second-order valence-corrected chi connectivity index (χ2v) is 17.3. The molecule has 0 spiro atoms. The standard InChI is InChI=1S/C44H78NO9P/c1-6-8-10-12-14-16-18-20-22-24-26-28-30-34-43(46)50-38-40(39-52-55(48,49)51-37-36-45(3,4)5)53-44(47)35-31-33-42-41(54-42)32-29-27-25-23-21-19-17-15-13-11-9-7-2/h15,17,21,23,25,27,29,32,40-42H,6-14,16,18-20,22,24,26,28,30-31,33-39H2,1-5H3/p+1/b17-15+,23-21+,27-25-,32-29-. The van der Waals surface area contributed by atoms with Crippen LogP contribution in [0.15, 0.2) is 48.6 Å². The van der Waals surface area contributed by atoms with Gasteiger partial charge in [0.05, 0.1) is 33.9 Å². The lowest BCUT2D eigenvalue weighted by atomic mass is 10.0. The number of ether oxygens (including phenoxy) is 3. The molecule has 1 heterocycles. The molecule has 1 rings (SSSR count). The molecule has 0 aromatic heterocycles. The molecular formula is C44H79NO9P+. The van der Waals surface area contributed by atoms with Crippen LogP contribution in [-0.2, 0) is 37.4 Å². The summed E-state index contributed by atoms with van der Waals surface area (Å²) in [5, 5.41) is 0. The normalized spacial score (nSPS) is 17.8. The van der Waals surface area contributed by atoms with Gasteiger partial charge in [0.15, 0.2) is 6.10 Å². The van der Waals surface area contributed by atoms with Gasteiger partial charge in [-0.3, -0.25) is 18.6 Å². The number of hydrogen-bond donors (Lipinski definition) is 1. The van der Waals surface area contributed by atoms with Crippen LogP contribution < -0.4 is 0 Å². The minimum absolute atomic E-state index is 0.0136. The Morgan fingerprint density at radius 1 is 0.709 bits per heavy atom. The molecule has 10 nitrogen and oxygen atoms in total. The van der Waals surface area contributed by atoms with Crippen molar-refractivity contribution in [3.63, 3.8) is 0 Å². The molecule has 11 heteroatoms. The summed E-state index contributed by atoms with van der Waals surface area (Å²) >= 11 is 0. The number of hydrogen-bond acceptors (Lipinski definition) is 8. The number of quaternary nitrogens is 1. The summed E-state index contributed by atoms with van der Waals surface area (Å²) in [6.45, 7) is 4.27. The fraction of sp³-hybridized carbons (Fsp3) is 0.773. The van der Waals surface area contributed by atoms with E-state index in [4.69, 9.17) is 23.3 Å². The number of unbranched alkanes of at least 4 members (excludes halogenated alkanes) is 15. The molecule has 0 radical (unpaired) electrons. The third-order valence-electron chi connectivity index (χ3n) is 9.33. The maximum Gasteiger partial charge on any atom is 0.472 e. The summed E-state index contributed by atoms with van der Waals surface area (Å²) in [7, 11) is 1.41. The molecule has 0 aromatic rings. The molecule has 1 fully saturated rings. The molecule has 4 atom stereocenters. The predicted octanol–water partition coefficient (Wildman–Crippen LogP) is 10.9. The third-order valence-corrected chi connectivity index (χ3v) is 10.3. The topological polar surface area (TPSA) is 121 Å². The van der Waals surface area contributed by atoms with Crippen molar-refractivity contribution < 1.29 is 46.8 Å². The fourth-order valence-corrected chi connectivity index (χ4v) is 6.56. The van der Waals surface area contributed by atoms with Crippen molar-refractivity contribution in [2.75, 3.05) is 47.5 Å². The van der Waals surface area contributed by atoms with Crippen molar-refractivity contribution in [1.82, 2.24) is 0 Å². The van der Waals surface area contributed by atoms with Crippen LogP contribution in [0.2, 0.25) is 0 Å². The molecule has 55 heavy (non-hydrogen) atoms. The van der Waals surface area contributed by atoms with E-state index < -0.39 is 32.5 Å². The number of allylic oxidation sites excluding steroid dienone is 7. The fourth-order valence-electron chi connectivity index (χ4n) is 5.82. The molecular weight excluding hydrogens is 717 g/mol. The van der Waals surface area contributed by atoms with Crippen LogP contribution in [0.1, 0.15) is 155 Å². The van der Waals surface area contributed by atoms with Gasteiger partial charge in [-0.05, 0) is 38.5 Å². The van der Waals surface area contributed by atoms with Crippen LogP contribution in [-0.4, -0.2) is 87.1 Å². The summed E-state index contributed by atoms with van der Waals surface area (Å²) in [4.78, 5) is 35.4. The van der Waals surface area contributed by atoms with Gasteiger partial charge < -0.3 is 23.6 Å². The Labute approximate surface area is 335 Å².